The van der Waals surface area contributed by atoms with Crippen LogP contribution >= 0.6 is 7.82 Å². The Morgan fingerprint density at radius 2 is 0.879 bits per heavy atom. The lowest BCUT2D eigenvalue weighted by molar-refractivity contribution is -0.870. The minimum atomic E-state index is -4.62. The number of phosphoric ester groups is 1. The molecule has 9 nitrogen and oxygen atoms in total. The van der Waals surface area contributed by atoms with Crippen molar-refractivity contribution in [2.24, 2.45) is 0 Å². The number of likely N-dealkylation sites (N-methyl/N-ethyl adjacent to an activating group) is 1. The number of esters is 2. The molecule has 1 unspecified atom stereocenters. The number of nitrogens with zero attached hydrogens (tertiary/aromatic N) is 1. The smallest absolute Gasteiger partial charge is 0.306 e. The van der Waals surface area contributed by atoms with Crippen LogP contribution in [0, 0.1) is 0 Å². The first-order valence-electron chi connectivity index (χ1n) is 24.4. The molecule has 0 radical (unpaired) electrons. The van der Waals surface area contributed by atoms with Crippen LogP contribution in [0.4, 0.5) is 0 Å². The first-order valence-corrected chi connectivity index (χ1v) is 25.9. The van der Waals surface area contributed by atoms with Gasteiger partial charge in [-0.15, -0.1) is 0 Å². The van der Waals surface area contributed by atoms with Gasteiger partial charge in [-0.25, -0.2) is 0 Å². The molecule has 0 aliphatic heterocycles. The highest BCUT2D eigenvalue weighted by molar-refractivity contribution is 7.45. The molecule has 58 heavy (non-hydrogen) atoms. The van der Waals surface area contributed by atoms with Crippen molar-refractivity contribution in [1.82, 2.24) is 0 Å². The summed E-state index contributed by atoms with van der Waals surface area (Å²) in [6.07, 6.45) is 43.8. The largest absolute Gasteiger partial charge is 0.756 e. The van der Waals surface area contributed by atoms with Crippen molar-refractivity contribution < 1.29 is 42.1 Å². The molecule has 0 aromatic rings. The third-order valence-electron chi connectivity index (χ3n) is 10.8. The fourth-order valence-electron chi connectivity index (χ4n) is 6.95. The number of hydrogen-bond donors (Lipinski definition) is 0. The summed E-state index contributed by atoms with van der Waals surface area (Å²) in [6, 6.07) is 0. The number of carbonyl (C=O) groups is 2. The van der Waals surface area contributed by atoms with Gasteiger partial charge >= 0.3 is 11.9 Å². The maximum absolute atomic E-state index is 12.7. The zero-order valence-electron chi connectivity index (χ0n) is 38.8. The van der Waals surface area contributed by atoms with E-state index in [4.69, 9.17) is 18.5 Å². The fraction of sp³-hybridized carbons (Fsp3) is 0.917. The predicted octanol–water partition coefficient (Wildman–Crippen LogP) is 13.5. The van der Waals surface area contributed by atoms with Crippen LogP contribution in [0.15, 0.2) is 12.2 Å². The van der Waals surface area contributed by atoms with Crippen molar-refractivity contribution in [2.75, 3.05) is 47.5 Å². The van der Waals surface area contributed by atoms with Crippen molar-refractivity contribution >= 4 is 19.8 Å². The van der Waals surface area contributed by atoms with E-state index >= 15 is 0 Å². The van der Waals surface area contributed by atoms with E-state index in [0.29, 0.717) is 17.4 Å². The van der Waals surface area contributed by atoms with Gasteiger partial charge in [0.25, 0.3) is 7.82 Å². The van der Waals surface area contributed by atoms with Crippen LogP contribution in [-0.2, 0) is 32.7 Å². The van der Waals surface area contributed by atoms with Gasteiger partial charge in [0.1, 0.15) is 19.8 Å². The number of hydrogen-bond acceptors (Lipinski definition) is 8. The maximum atomic E-state index is 12.7. The van der Waals surface area contributed by atoms with Gasteiger partial charge in [-0.05, 0) is 38.5 Å². The Kier molecular flexibility index (Phi) is 40.2. The van der Waals surface area contributed by atoms with Crippen molar-refractivity contribution in [3.05, 3.63) is 12.2 Å². The molecule has 0 heterocycles. The fourth-order valence-corrected chi connectivity index (χ4v) is 7.67. The Balaban J connectivity index is 4.28. The van der Waals surface area contributed by atoms with Gasteiger partial charge in [-0.2, -0.15) is 0 Å². The number of ether oxygens (including phenoxy) is 2. The normalized spacial score (nSPS) is 13.6. The lowest BCUT2D eigenvalue weighted by Gasteiger charge is -2.28. The Hall–Kier alpha value is -1.25. The topological polar surface area (TPSA) is 111 Å². The summed E-state index contributed by atoms with van der Waals surface area (Å²) in [4.78, 5) is 37.6. The lowest BCUT2D eigenvalue weighted by Crippen LogP contribution is -2.37. The van der Waals surface area contributed by atoms with Crippen LogP contribution in [0.2, 0.25) is 0 Å². The third kappa shape index (κ3) is 44.3. The summed E-state index contributed by atoms with van der Waals surface area (Å²) in [5.74, 6) is -0.834. The van der Waals surface area contributed by atoms with E-state index in [1.807, 2.05) is 21.1 Å². The number of allylic oxidation sites excluding steroid dienone is 2. The highest BCUT2D eigenvalue weighted by Gasteiger charge is 2.21. The van der Waals surface area contributed by atoms with Crippen LogP contribution in [0.1, 0.15) is 232 Å². The predicted molar refractivity (Wildman–Crippen MR) is 241 cm³/mol. The molecule has 10 heteroatoms. The first-order chi connectivity index (χ1) is 28.0. The minimum Gasteiger partial charge on any atom is -0.756 e. The molecule has 0 aromatic carbocycles. The van der Waals surface area contributed by atoms with E-state index in [1.54, 1.807) is 0 Å². The van der Waals surface area contributed by atoms with Gasteiger partial charge in [0.05, 0.1) is 27.7 Å². The number of quaternary nitrogens is 1. The zero-order valence-corrected chi connectivity index (χ0v) is 39.7. The standard InChI is InChI=1S/C48H94NO8P/c1-6-8-10-12-14-16-18-20-22-24-26-28-30-32-34-36-38-40-47(50)54-44-46(45-56-58(52,53)55-43-42-49(3,4)5)57-48(51)41-39-37-35-33-31-29-27-25-23-21-19-17-15-13-11-9-7-2/h27,29,46H,6-26,28,30-45H2,1-5H3/b29-27+/t46-/m1/s1. The first kappa shape index (κ1) is 56.8. The second-order valence-electron chi connectivity index (χ2n) is 17.8. The van der Waals surface area contributed by atoms with Gasteiger partial charge in [-0.3, -0.25) is 14.2 Å². The lowest BCUT2D eigenvalue weighted by atomic mass is 10.0. The molecule has 0 fully saturated rings. The molecule has 0 spiro atoms. The zero-order chi connectivity index (χ0) is 42.8. The monoisotopic (exact) mass is 844 g/mol. The molecule has 0 saturated heterocycles. The summed E-state index contributed by atoms with van der Waals surface area (Å²) in [7, 11) is 1.17. The van der Waals surface area contributed by atoms with E-state index in [1.165, 1.54) is 148 Å². The van der Waals surface area contributed by atoms with Crippen LogP contribution in [0.25, 0.3) is 0 Å². The number of rotatable bonds is 45. The highest BCUT2D eigenvalue weighted by Crippen LogP contribution is 2.38. The Labute approximate surface area is 358 Å². The van der Waals surface area contributed by atoms with Crippen molar-refractivity contribution in [1.29, 1.82) is 0 Å². The Morgan fingerprint density at radius 3 is 1.28 bits per heavy atom. The van der Waals surface area contributed by atoms with E-state index in [2.05, 4.69) is 26.0 Å². The van der Waals surface area contributed by atoms with E-state index < -0.39 is 26.5 Å². The minimum absolute atomic E-state index is 0.0296. The number of carbonyl (C=O) groups excluding carboxylic acids is 2. The molecule has 0 saturated carbocycles. The van der Waals surface area contributed by atoms with Crippen LogP contribution in [0.5, 0.6) is 0 Å². The molecule has 0 amide bonds. The van der Waals surface area contributed by atoms with E-state index in [-0.39, 0.29) is 32.0 Å². The molecule has 0 bridgehead atoms. The maximum Gasteiger partial charge on any atom is 0.306 e. The molecule has 344 valence electrons. The molecular formula is C48H94NO8P. The third-order valence-corrected chi connectivity index (χ3v) is 11.7. The average molecular weight is 844 g/mol. The Morgan fingerprint density at radius 1 is 0.517 bits per heavy atom. The Bertz CT molecular complexity index is 1000. The summed E-state index contributed by atoms with van der Waals surface area (Å²) < 4.78 is 34.0. The molecule has 0 rings (SSSR count). The molecule has 0 N–H and O–H groups in total. The number of phosphoric acid groups is 1. The van der Waals surface area contributed by atoms with Crippen molar-refractivity contribution in [2.45, 2.75) is 238 Å². The van der Waals surface area contributed by atoms with E-state index in [0.717, 1.165) is 51.4 Å². The van der Waals surface area contributed by atoms with Gasteiger partial charge < -0.3 is 27.9 Å². The van der Waals surface area contributed by atoms with Crippen molar-refractivity contribution in [3.8, 4) is 0 Å². The SMILES string of the molecule is CCCCCCCCCCC/C=C/CCCCCCC(=O)O[C@H](COC(=O)CCCCCCCCCCCCCCCCCCC)COP(=O)([O-])OCC[N+](C)(C)C. The van der Waals surface area contributed by atoms with Crippen LogP contribution in [0.3, 0.4) is 0 Å². The van der Waals surface area contributed by atoms with Crippen LogP contribution < -0.4 is 4.89 Å². The second-order valence-corrected chi connectivity index (χ2v) is 19.2. The molecule has 0 aliphatic carbocycles. The van der Waals surface area contributed by atoms with Gasteiger partial charge in [-0.1, -0.05) is 193 Å². The highest BCUT2D eigenvalue weighted by atomic mass is 31.2. The summed E-state index contributed by atoms with van der Waals surface area (Å²) in [6.45, 7) is 4.26. The molecule has 2 atom stereocenters. The summed E-state index contributed by atoms with van der Waals surface area (Å²) in [5, 5.41) is 0. The van der Waals surface area contributed by atoms with Gasteiger partial charge in [0, 0.05) is 12.8 Å². The molecular weight excluding hydrogens is 750 g/mol. The molecule has 0 aromatic heterocycles. The summed E-state index contributed by atoms with van der Waals surface area (Å²) >= 11 is 0. The van der Waals surface area contributed by atoms with Crippen molar-refractivity contribution in [3.63, 3.8) is 0 Å². The number of unbranched alkanes of at least 4 members (excludes halogenated alkanes) is 29. The second kappa shape index (κ2) is 41.1. The van der Waals surface area contributed by atoms with Crippen LogP contribution in [-0.4, -0.2) is 70.0 Å². The summed E-state index contributed by atoms with van der Waals surface area (Å²) in [5.41, 5.74) is 0. The van der Waals surface area contributed by atoms with E-state index in [9.17, 15) is 19.0 Å². The molecule has 0 aliphatic rings. The van der Waals surface area contributed by atoms with Gasteiger partial charge in [0.2, 0.25) is 0 Å². The average Bonchev–Trinajstić information content (AvgIpc) is 3.17. The quantitative estimate of drug-likeness (QED) is 0.0196. The van der Waals surface area contributed by atoms with Gasteiger partial charge in [0.15, 0.2) is 6.10 Å².